The second-order valence-corrected chi connectivity index (χ2v) is 8.10. The summed E-state index contributed by atoms with van der Waals surface area (Å²) in [4.78, 5) is 16.4. The number of aliphatic imine (C=N–C) groups is 1. The lowest BCUT2D eigenvalue weighted by Gasteiger charge is -2.28. The Morgan fingerprint density at radius 2 is 1.24 bits per heavy atom. The predicted molar refractivity (Wildman–Crippen MR) is 75.4 cm³/mol. The Morgan fingerprint density at radius 1 is 0.824 bits per heavy atom. The van der Waals surface area contributed by atoms with Gasteiger partial charge in [-0.2, -0.15) is 0 Å². The Labute approximate surface area is 107 Å². The third-order valence-electron chi connectivity index (χ3n) is 2.44. The largest absolute Gasteiger partial charge is 0.272 e. The van der Waals surface area contributed by atoms with Gasteiger partial charge in [-0.3, -0.25) is 4.79 Å². The first-order chi connectivity index (χ1) is 7.23. The second-order valence-electron chi connectivity index (χ2n) is 8.10. The molecule has 2 nitrogen and oxygen atoms in total. The number of hydrogen-bond acceptors (Lipinski definition) is 1. The van der Waals surface area contributed by atoms with E-state index in [1.165, 1.54) is 0 Å². The molecule has 0 fully saturated rings. The van der Waals surface area contributed by atoms with Crippen LogP contribution in [-0.4, -0.2) is 11.6 Å². The smallest absolute Gasteiger partial charge is 0.250 e. The average Bonchev–Trinajstić information content (AvgIpc) is 1.96. The zero-order chi connectivity index (χ0) is 14.1. The van der Waals surface area contributed by atoms with Gasteiger partial charge in [-0.25, -0.2) is 4.99 Å². The molecule has 0 rings (SSSR count). The van der Waals surface area contributed by atoms with E-state index >= 15 is 0 Å². The Balaban J connectivity index is 5.23. The number of hydrogen-bond donors (Lipinski definition) is 0. The van der Waals surface area contributed by atoms with Crippen LogP contribution in [0.15, 0.2) is 4.99 Å². The summed E-state index contributed by atoms with van der Waals surface area (Å²) in [6, 6.07) is 0. The standard InChI is InChI=1S/C15H29NO/c1-13(2,3)10-11(14(4,5)6)16-12(17)15(7,8)9/h10H2,1-9H3. The van der Waals surface area contributed by atoms with Crippen LogP contribution in [0.4, 0.5) is 0 Å². The number of carbonyl (C=O) groups is 1. The van der Waals surface area contributed by atoms with Crippen LogP contribution in [0, 0.1) is 16.2 Å². The lowest BCUT2D eigenvalue weighted by atomic mass is 9.79. The number of rotatable bonds is 1. The Morgan fingerprint density at radius 3 is 1.47 bits per heavy atom. The molecule has 0 atom stereocenters. The van der Waals surface area contributed by atoms with Crippen molar-refractivity contribution in [1.29, 1.82) is 0 Å². The van der Waals surface area contributed by atoms with Crippen molar-refractivity contribution in [3.8, 4) is 0 Å². The van der Waals surface area contributed by atoms with E-state index in [0.717, 1.165) is 12.1 Å². The lowest BCUT2D eigenvalue weighted by molar-refractivity contribution is -0.124. The molecule has 0 unspecified atom stereocenters. The molecule has 0 saturated heterocycles. The zero-order valence-corrected chi connectivity index (χ0v) is 13.1. The van der Waals surface area contributed by atoms with Gasteiger partial charge in [0.15, 0.2) is 0 Å². The fourth-order valence-electron chi connectivity index (χ4n) is 1.27. The molecule has 0 spiro atoms. The summed E-state index contributed by atoms with van der Waals surface area (Å²) in [6.45, 7) is 18.6. The summed E-state index contributed by atoms with van der Waals surface area (Å²) in [6.07, 6.45) is 0.859. The fourth-order valence-corrected chi connectivity index (χ4v) is 1.27. The van der Waals surface area contributed by atoms with Crippen molar-refractivity contribution in [2.24, 2.45) is 21.2 Å². The molecule has 0 radical (unpaired) electrons. The average molecular weight is 239 g/mol. The van der Waals surface area contributed by atoms with Gasteiger partial charge in [0.2, 0.25) is 0 Å². The normalized spacial score (nSPS) is 15.0. The first-order valence-corrected chi connectivity index (χ1v) is 6.36. The van der Waals surface area contributed by atoms with Gasteiger partial charge in [-0.15, -0.1) is 0 Å². The molecule has 0 heterocycles. The minimum absolute atomic E-state index is 0.0216. The van der Waals surface area contributed by atoms with Crippen molar-refractivity contribution in [2.75, 3.05) is 0 Å². The van der Waals surface area contributed by atoms with Crippen LogP contribution in [-0.2, 0) is 4.79 Å². The molecular weight excluding hydrogens is 210 g/mol. The van der Waals surface area contributed by atoms with Crippen LogP contribution in [0.3, 0.4) is 0 Å². The van der Waals surface area contributed by atoms with Gasteiger partial charge in [0.1, 0.15) is 0 Å². The van der Waals surface area contributed by atoms with Crippen LogP contribution in [0.1, 0.15) is 68.7 Å². The SMILES string of the molecule is CC(C)(C)CC(=NC(=O)C(C)(C)C)C(C)(C)C. The second kappa shape index (κ2) is 4.91. The summed E-state index contributed by atoms with van der Waals surface area (Å²) in [5.41, 5.74) is 0.720. The molecule has 0 aliphatic carbocycles. The van der Waals surface area contributed by atoms with Crippen molar-refractivity contribution in [2.45, 2.75) is 68.7 Å². The van der Waals surface area contributed by atoms with Gasteiger partial charge >= 0.3 is 0 Å². The molecule has 0 saturated carbocycles. The predicted octanol–water partition coefficient (Wildman–Crippen LogP) is 4.48. The number of nitrogens with zero attached hydrogens (tertiary/aromatic N) is 1. The van der Waals surface area contributed by atoms with Crippen LogP contribution in [0.5, 0.6) is 0 Å². The maximum Gasteiger partial charge on any atom is 0.250 e. The first kappa shape index (κ1) is 16.3. The molecular formula is C15H29NO. The maximum absolute atomic E-state index is 12.0. The third kappa shape index (κ3) is 6.60. The Hall–Kier alpha value is -0.660. The summed E-state index contributed by atoms with van der Waals surface area (Å²) < 4.78 is 0. The van der Waals surface area contributed by atoms with Crippen LogP contribution in [0.25, 0.3) is 0 Å². The van der Waals surface area contributed by atoms with Crippen molar-refractivity contribution in [1.82, 2.24) is 0 Å². The van der Waals surface area contributed by atoms with E-state index in [0.29, 0.717) is 0 Å². The maximum atomic E-state index is 12.0. The minimum Gasteiger partial charge on any atom is -0.272 e. The Bertz CT molecular complexity index is 305. The number of carbonyl (C=O) groups excluding carboxylic acids is 1. The van der Waals surface area contributed by atoms with E-state index in [4.69, 9.17) is 0 Å². The molecule has 1 amide bonds. The highest BCUT2D eigenvalue weighted by Crippen LogP contribution is 2.29. The number of amides is 1. The lowest BCUT2D eigenvalue weighted by Crippen LogP contribution is -2.29. The fraction of sp³-hybridized carbons (Fsp3) is 0.867. The van der Waals surface area contributed by atoms with Gasteiger partial charge < -0.3 is 0 Å². The van der Waals surface area contributed by atoms with Crippen molar-refractivity contribution < 1.29 is 4.79 Å². The topological polar surface area (TPSA) is 29.4 Å². The minimum atomic E-state index is -0.394. The summed E-state index contributed by atoms with van der Waals surface area (Å²) >= 11 is 0. The Kier molecular flexibility index (Phi) is 4.72. The van der Waals surface area contributed by atoms with Crippen molar-refractivity contribution >= 4 is 11.6 Å². The van der Waals surface area contributed by atoms with Gasteiger partial charge in [-0.05, 0) is 11.8 Å². The van der Waals surface area contributed by atoms with E-state index in [1.54, 1.807) is 0 Å². The summed E-state index contributed by atoms with van der Waals surface area (Å²) in [5, 5.41) is 0. The molecule has 0 bridgehead atoms. The van der Waals surface area contributed by atoms with E-state index in [9.17, 15) is 4.79 Å². The molecule has 100 valence electrons. The van der Waals surface area contributed by atoms with E-state index < -0.39 is 5.41 Å². The molecule has 2 heteroatoms. The highest BCUT2D eigenvalue weighted by molar-refractivity contribution is 6.00. The summed E-state index contributed by atoms with van der Waals surface area (Å²) in [7, 11) is 0. The first-order valence-electron chi connectivity index (χ1n) is 6.36. The monoisotopic (exact) mass is 239 g/mol. The van der Waals surface area contributed by atoms with Gasteiger partial charge in [0.05, 0.1) is 0 Å². The zero-order valence-electron chi connectivity index (χ0n) is 13.1. The molecule has 0 aliphatic rings. The van der Waals surface area contributed by atoms with E-state index in [2.05, 4.69) is 46.5 Å². The van der Waals surface area contributed by atoms with Crippen LogP contribution in [0.2, 0.25) is 0 Å². The van der Waals surface area contributed by atoms with Crippen LogP contribution >= 0.6 is 0 Å². The molecule has 0 aliphatic heterocycles. The molecule has 0 aromatic heterocycles. The van der Waals surface area contributed by atoms with Crippen molar-refractivity contribution in [3.63, 3.8) is 0 Å². The summed E-state index contributed by atoms with van der Waals surface area (Å²) in [5.74, 6) is -0.0216. The molecule has 0 N–H and O–H groups in total. The van der Waals surface area contributed by atoms with Gasteiger partial charge in [0.25, 0.3) is 5.91 Å². The molecule has 0 aromatic carbocycles. The quantitative estimate of drug-likeness (QED) is 0.620. The van der Waals surface area contributed by atoms with E-state index in [-0.39, 0.29) is 16.7 Å². The third-order valence-corrected chi connectivity index (χ3v) is 2.44. The molecule has 0 aromatic rings. The van der Waals surface area contributed by atoms with E-state index in [1.807, 2.05) is 20.8 Å². The van der Waals surface area contributed by atoms with Gasteiger partial charge in [0, 0.05) is 16.5 Å². The van der Waals surface area contributed by atoms with Gasteiger partial charge in [-0.1, -0.05) is 62.3 Å². The van der Waals surface area contributed by atoms with Crippen LogP contribution < -0.4 is 0 Å². The highest BCUT2D eigenvalue weighted by Gasteiger charge is 2.28. The molecule has 17 heavy (non-hydrogen) atoms. The highest BCUT2D eigenvalue weighted by atomic mass is 16.1. The van der Waals surface area contributed by atoms with Crippen molar-refractivity contribution in [3.05, 3.63) is 0 Å².